The van der Waals surface area contributed by atoms with Gasteiger partial charge in [-0.3, -0.25) is 9.59 Å². The van der Waals surface area contributed by atoms with Crippen molar-refractivity contribution < 1.29 is 9.59 Å². The van der Waals surface area contributed by atoms with E-state index in [-0.39, 0.29) is 11.6 Å². The van der Waals surface area contributed by atoms with Crippen LogP contribution in [0.3, 0.4) is 0 Å². The minimum Gasteiger partial charge on any atom is -0.289 e. The Morgan fingerprint density at radius 3 is 1.29 bits per heavy atom. The zero-order chi connectivity index (χ0) is 19.2. The van der Waals surface area contributed by atoms with Crippen LogP contribution < -0.4 is 0 Å². The predicted octanol–water partition coefficient (Wildman–Crippen LogP) is 6.79. The Balaban J connectivity index is 1.84. The summed E-state index contributed by atoms with van der Waals surface area (Å²) in [6.07, 6.45) is 0. The Morgan fingerprint density at radius 2 is 0.857 bits per heavy atom. The van der Waals surface area contributed by atoms with Crippen molar-refractivity contribution in [2.24, 2.45) is 0 Å². The molecule has 0 aliphatic heterocycles. The van der Waals surface area contributed by atoms with Gasteiger partial charge in [-0.2, -0.15) is 0 Å². The maximum atomic E-state index is 13.3. The normalized spacial score (nSPS) is 13.5. The molecule has 0 bridgehead atoms. The quantitative estimate of drug-likeness (QED) is 0.235. The van der Waals surface area contributed by atoms with Crippen molar-refractivity contribution in [2.75, 3.05) is 0 Å². The highest BCUT2D eigenvalue weighted by molar-refractivity contribution is 9.10. The zero-order valence-electron chi connectivity index (χ0n) is 14.3. The Hall–Kier alpha value is -2.56. The van der Waals surface area contributed by atoms with Crippen molar-refractivity contribution >= 4 is 54.2 Å². The Morgan fingerprint density at radius 1 is 0.464 bits per heavy atom. The molecular formula is C24H10Br2O2. The van der Waals surface area contributed by atoms with Gasteiger partial charge in [-0.1, -0.05) is 68.3 Å². The third kappa shape index (κ3) is 1.87. The molecule has 4 aromatic carbocycles. The summed E-state index contributed by atoms with van der Waals surface area (Å²) < 4.78 is 1.58. The van der Waals surface area contributed by atoms with Gasteiger partial charge in [-0.15, -0.1) is 0 Å². The number of halogens is 2. The van der Waals surface area contributed by atoms with E-state index in [4.69, 9.17) is 0 Å². The van der Waals surface area contributed by atoms with Crippen molar-refractivity contribution in [3.8, 4) is 22.3 Å². The SMILES string of the molecule is O=C1c2c(Br)cccc2-c2ccc3c4c(ccc1c24)-c1cccc(Br)c1C3=O. The average Bonchev–Trinajstić information content (AvgIpc) is 2.70. The maximum Gasteiger partial charge on any atom is 0.195 e. The Bertz CT molecular complexity index is 1310. The van der Waals surface area contributed by atoms with Crippen LogP contribution in [0.2, 0.25) is 0 Å². The molecule has 0 spiro atoms. The lowest BCUT2D eigenvalue weighted by atomic mass is 9.76. The van der Waals surface area contributed by atoms with Gasteiger partial charge in [0.15, 0.2) is 11.6 Å². The molecule has 132 valence electrons. The fourth-order valence-electron chi connectivity index (χ4n) is 4.55. The van der Waals surface area contributed by atoms with Crippen molar-refractivity contribution in [3.63, 3.8) is 0 Å². The van der Waals surface area contributed by atoms with E-state index >= 15 is 0 Å². The summed E-state index contributed by atoms with van der Waals surface area (Å²) in [6.45, 7) is 0. The molecule has 0 unspecified atom stereocenters. The van der Waals surface area contributed by atoms with E-state index in [9.17, 15) is 9.59 Å². The molecule has 4 aromatic rings. The van der Waals surface area contributed by atoms with Gasteiger partial charge in [0, 0.05) is 42.0 Å². The molecular weight excluding hydrogens is 480 g/mol. The monoisotopic (exact) mass is 488 g/mol. The van der Waals surface area contributed by atoms with Gasteiger partial charge in [-0.05, 0) is 46.5 Å². The first kappa shape index (κ1) is 16.4. The largest absolute Gasteiger partial charge is 0.289 e. The highest BCUT2D eigenvalue weighted by atomic mass is 79.9. The van der Waals surface area contributed by atoms with Crippen molar-refractivity contribution in [3.05, 3.63) is 91.9 Å². The van der Waals surface area contributed by atoms with Crippen LogP contribution in [0.4, 0.5) is 0 Å². The zero-order valence-corrected chi connectivity index (χ0v) is 17.5. The van der Waals surface area contributed by atoms with Crippen LogP contribution in [0.15, 0.2) is 69.6 Å². The topological polar surface area (TPSA) is 34.1 Å². The summed E-state index contributed by atoms with van der Waals surface area (Å²) in [4.78, 5) is 26.6. The molecule has 0 atom stereocenters. The van der Waals surface area contributed by atoms with E-state index in [1.807, 2.05) is 60.7 Å². The van der Waals surface area contributed by atoms with Gasteiger partial charge in [0.1, 0.15) is 0 Å². The number of benzene rings is 4. The van der Waals surface area contributed by atoms with E-state index in [1.165, 1.54) is 0 Å². The molecule has 0 amide bonds. The van der Waals surface area contributed by atoms with E-state index in [0.717, 1.165) is 42.0 Å². The lowest BCUT2D eigenvalue weighted by molar-refractivity contribution is 0.103. The molecule has 0 fully saturated rings. The molecule has 0 radical (unpaired) electrons. The molecule has 2 aliphatic rings. The second-order valence-corrected chi connectivity index (χ2v) is 8.76. The van der Waals surface area contributed by atoms with E-state index in [1.54, 1.807) is 0 Å². The van der Waals surface area contributed by atoms with Gasteiger partial charge in [0.05, 0.1) is 0 Å². The first-order chi connectivity index (χ1) is 13.6. The minimum absolute atomic E-state index is 0.00818. The third-order valence-corrected chi connectivity index (χ3v) is 7.03. The van der Waals surface area contributed by atoms with Gasteiger partial charge in [-0.25, -0.2) is 0 Å². The number of fused-ring (bicyclic) bond motifs is 4. The first-order valence-corrected chi connectivity index (χ1v) is 10.4. The van der Waals surface area contributed by atoms with E-state index in [0.29, 0.717) is 22.3 Å². The lowest BCUT2D eigenvalue weighted by Gasteiger charge is -2.26. The summed E-state index contributed by atoms with van der Waals surface area (Å²) >= 11 is 7.07. The van der Waals surface area contributed by atoms with Gasteiger partial charge >= 0.3 is 0 Å². The average molecular weight is 490 g/mol. The van der Waals surface area contributed by atoms with Crippen LogP contribution >= 0.6 is 31.9 Å². The second-order valence-electron chi connectivity index (χ2n) is 7.05. The van der Waals surface area contributed by atoms with Crippen LogP contribution in [0.1, 0.15) is 31.8 Å². The number of hydrogen-bond donors (Lipinski definition) is 0. The summed E-state index contributed by atoms with van der Waals surface area (Å²) in [5.41, 5.74) is 6.48. The predicted molar refractivity (Wildman–Crippen MR) is 117 cm³/mol. The second kappa shape index (κ2) is 5.49. The third-order valence-electron chi connectivity index (χ3n) is 5.71. The molecule has 0 saturated carbocycles. The molecule has 28 heavy (non-hydrogen) atoms. The molecule has 2 aliphatic carbocycles. The van der Waals surface area contributed by atoms with E-state index in [2.05, 4.69) is 31.9 Å². The van der Waals surface area contributed by atoms with Crippen molar-refractivity contribution in [2.45, 2.75) is 0 Å². The summed E-state index contributed by atoms with van der Waals surface area (Å²) in [6, 6.07) is 19.4. The van der Waals surface area contributed by atoms with Gasteiger partial charge in [0.25, 0.3) is 0 Å². The number of hydrogen-bond acceptors (Lipinski definition) is 2. The standard InChI is InChI=1S/C24H10Br2O2/c25-17-5-1-3-11-13-7-9-16-20-14(8-10-15(19(13)20)23(27)21(11)17)12-4-2-6-18(26)22(12)24(16)28/h1-10H. The Labute approximate surface area is 177 Å². The van der Waals surface area contributed by atoms with Crippen LogP contribution in [0, 0.1) is 0 Å². The van der Waals surface area contributed by atoms with Crippen LogP contribution in [-0.2, 0) is 0 Å². The Kier molecular flexibility index (Phi) is 3.22. The van der Waals surface area contributed by atoms with Gasteiger partial charge < -0.3 is 0 Å². The summed E-state index contributed by atoms with van der Waals surface area (Å²) in [5, 5.41) is 1.76. The van der Waals surface area contributed by atoms with Crippen molar-refractivity contribution in [1.29, 1.82) is 0 Å². The molecule has 2 nitrogen and oxygen atoms in total. The summed E-state index contributed by atoms with van der Waals surface area (Å²) in [7, 11) is 0. The highest BCUT2D eigenvalue weighted by Crippen LogP contribution is 2.49. The molecule has 6 rings (SSSR count). The molecule has 0 heterocycles. The molecule has 0 N–H and O–H groups in total. The van der Waals surface area contributed by atoms with Crippen LogP contribution in [-0.4, -0.2) is 11.6 Å². The first-order valence-electron chi connectivity index (χ1n) is 8.85. The maximum absolute atomic E-state index is 13.3. The van der Waals surface area contributed by atoms with Crippen LogP contribution in [0.5, 0.6) is 0 Å². The number of carbonyl (C=O) groups excluding carboxylic acids is 2. The fourth-order valence-corrected chi connectivity index (χ4v) is 5.64. The van der Waals surface area contributed by atoms with E-state index < -0.39 is 0 Å². The fraction of sp³-hybridized carbons (Fsp3) is 0. The molecule has 0 saturated heterocycles. The highest BCUT2D eigenvalue weighted by Gasteiger charge is 2.33. The van der Waals surface area contributed by atoms with Crippen LogP contribution in [0.25, 0.3) is 33.0 Å². The molecule has 4 heteroatoms. The van der Waals surface area contributed by atoms with Crippen molar-refractivity contribution in [1.82, 2.24) is 0 Å². The number of rotatable bonds is 0. The number of carbonyl (C=O) groups is 2. The molecule has 0 aromatic heterocycles. The minimum atomic E-state index is -0.00818. The smallest absolute Gasteiger partial charge is 0.195 e. The van der Waals surface area contributed by atoms with Gasteiger partial charge in [0.2, 0.25) is 0 Å². The lowest BCUT2D eigenvalue weighted by Crippen LogP contribution is -2.16. The summed E-state index contributed by atoms with van der Waals surface area (Å²) in [5.74, 6) is -0.0164. The number of ketones is 2.